The topological polar surface area (TPSA) is 3.24 Å². The second-order valence-corrected chi connectivity index (χ2v) is 22.2. The summed E-state index contributed by atoms with van der Waals surface area (Å²) in [5, 5.41) is 0. The molecule has 3 aliphatic carbocycles. The van der Waals surface area contributed by atoms with Crippen molar-refractivity contribution in [3.8, 4) is 44.5 Å². The number of nitrogens with zero attached hydrogens (tertiary/aromatic N) is 1. The summed E-state index contributed by atoms with van der Waals surface area (Å²) in [5.74, 6) is 0. The minimum absolute atomic E-state index is 0.0201. The highest BCUT2D eigenvalue weighted by atomic mass is 15.1. The normalized spacial score (nSPS) is 17.8. The molecule has 0 saturated carbocycles. The van der Waals surface area contributed by atoms with Gasteiger partial charge in [-0.15, -0.1) is 0 Å². The van der Waals surface area contributed by atoms with E-state index < -0.39 is 5.41 Å². The smallest absolute Gasteiger partial charge is 0.0726 e. The Balaban J connectivity index is 1.25. The molecule has 8 aromatic carbocycles. The van der Waals surface area contributed by atoms with Gasteiger partial charge in [0, 0.05) is 27.8 Å². The molecule has 1 spiro atoms. The fraction of sp³-hybridized carbons (Fsp3) is 0.238. The average Bonchev–Trinajstić information content (AvgIpc) is 3.83. The first-order chi connectivity index (χ1) is 30.5. The van der Waals surface area contributed by atoms with E-state index in [9.17, 15) is 0 Å². The quantitative estimate of drug-likeness (QED) is 0.168. The monoisotopic (exact) mass is 827 g/mol. The molecule has 1 heterocycles. The van der Waals surface area contributed by atoms with Gasteiger partial charge in [-0.2, -0.15) is 0 Å². The lowest BCUT2D eigenvalue weighted by Crippen LogP contribution is -2.28. The molecule has 4 aliphatic rings. The van der Waals surface area contributed by atoms with Gasteiger partial charge >= 0.3 is 0 Å². The van der Waals surface area contributed by atoms with Crippen LogP contribution < -0.4 is 4.90 Å². The first-order valence-corrected chi connectivity index (χ1v) is 23.3. The van der Waals surface area contributed by atoms with Crippen molar-refractivity contribution in [3.05, 3.63) is 219 Å². The summed E-state index contributed by atoms with van der Waals surface area (Å²) in [5.41, 5.74) is 26.6. The number of hydrogen-bond donors (Lipinski definition) is 0. The molecule has 8 aromatic rings. The van der Waals surface area contributed by atoms with E-state index in [4.69, 9.17) is 0 Å². The van der Waals surface area contributed by atoms with Gasteiger partial charge in [0.15, 0.2) is 0 Å². The maximum Gasteiger partial charge on any atom is 0.0726 e. The summed E-state index contributed by atoms with van der Waals surface area (Å²) in [6.07, 6.45) is 0. The van der Waals surface area contributed by atoms with Crippen LogP contribution in [-0.4, -0.2) is 0 Å². The molecule has 1 unspecified atom stereocenters. The lowest BCUT2D eigenvalue weighted by molar-refractivity contribution is 0.586. The summed E-state index contributed by atoms with van der Waals surface area (Å²) < 4.78 is 0. The van der Waals surface area contributed by atoms with Gasteiger partial charge in [-0.3, -0.25) is 0 Å². The van der Waals surface area contributed by atoms with Crippen molar-refractivity contribution in [1.82, 2.24) is 0 Å². The van der Waals surface area contributed by atoms with Crippen molar-refractivity contribution in [2.45, 2.75) is 96.3 Å². The number of anilines is 3. The van der Waals surface area contributed by atoms with Gasteiger partial charge < -0.3 is 4.90 Å². The third kappa shape index (κ3) is 5.13. The molecule has 0 radical (unpaired) electrons. The predicted octanol–water partition coefficient (Wildman–Crippen LogP) is 16.7. The van der Waals surface area contributed by atoms with Crippen LogP contribution in [0.3, 0.4) is 0 Å². The zero-order valence-electron chi connectivity index (χ0n) is 39.0. The Morgan fingerprint density at radius 1 is 0.344 bits per heavy atom. The molecule has 314 valence electrons. The second kappa shape index (κ2) is 12.9. The van der Waals surface area contributed by atoms with E-state index in [1.165, 1.54) is 117 Å². The molecule has 4 bridgehead atoms. The Morgan fingerprint density at radius 3 is 1.41 bits per heavy atom. The zero-order valence-corrected chi connectivity index (χ0v) is 39.0. The van der Waals surface area contributed by atoms with Gasteiger partial charge in [-0.25, -0.2) is 0 Å². The molecule has 12 rings (SSSR count). The Kier molecular flexibility index (Phi) is 7.87. The maximum absolute atomic E-state index is 2.63. The molecule has 1 nitrogen and oxygen atoms in total. The van der Waals surface area contributed by atoms with E-state index >= 15 is 0 Å². The molecule has 0 saturated heterocycles. The summed E-state index contributed by atoms with van der Waals surface area (Å²) >= 11 is 0. The Morgan fingerprint density at radius 2 is 0.797 bits per heavy atom. The highest BCUT2D eigenvalue weighted by molar-refractivity contribution is 5.99. The zero-order chi connectivity index (χ0) is 44.3. The molecule has 64 heavy (non-hydrogen) atoms. The van der Waals surface area contributed by atoms with Crippen LogP contribution in [0.15, 0.2) is 164 Å². The maximum atomic E-state index is 2.63. The first-order valence-electron chi connectivity index (χ1n) is 23.3. The van der Waals surface area contributed by atoms with Crippen LogP contribution >= 0.6 is 0 Å². The third-order valence-electron chi connectivity index (χ3n) is 15.8. The number of fused-ring (bicyclic) bond motifs is 10. The van der Waals surface area contributed by atoms with E-state index in [0.29, 0.717) is 0 Å². The van der Waals surface area contributed by atoms with Crippen molar-refractivity contribution >= 4 is 17.1 Å². The van der Waals surface area contributed by atoms with Crippen molar-refractivity contribution in [1.29, 1.82) is 0 Å². The van der Waals surface area contributed by atoms with E-state index in [2.05, 4.69) is 238 Å². The van der Waals surface area contributed by atoms with Crippen LogP contribution in [0.2, 0.25) is 0 Å². The van der Waals surface area contributed by atoms with Gasteiger partial charge in [0.05, 0.1) is 11.1 Å². The molecule has 0 N–H and O–H groups in total. The van der Waals surface area contributed by atoms with Crippen molar-refractivity contribution in [2.75, 3.05) is 4.90 Å². The lowest BCUT2D eigenvalue weighted by atomic mass is 9.67. The summed E-state index contributed by atoms with van der Waals surface area (Å²) in [6.45, 7) is 23.8. The fourth-order valence-electron chi connectivity index (χ4n) is 12.2. The molecule has 1 atom stereocenters. The van der Waals surface area contributed by atoms with Gasteiger partial charge in [0.25, 0.3) is 0 Å². The highest BCUT2D eigenvalue weighted by Gasteiger charge is 2.53. The van der Waals surface area contributed by atoms with Crippen molar-refractivity contribution in [2.24, 2.45) is 0 Å². The van der Waals surface area contributed by atoms with Crippen LogP contribution in [0.5, 0.6) is 0 Å². The van der Waals surface area contributed by atoms with Crippen LogP contribution in [0.25, 0.3) is 44.5 Å². The van der Waals surface area contributed by atoms with Crippen molar-refractivity contribution < 1.29 is 0 Å². The van der Waals surface area contributed by atoms with Crippen molar-refractivity contribution in [3.63, 3.8) is 0 Å². The summed E-state index contributed by atoms with van der Waals surface area (Å²) in [6, 6.07) is 64.2. The molecule has 1 aliphatic heterocycles. The largest absolute Gasteiger partial charge is 0.310 e. The SMILES string of the molecule is CC(C)(C)c1ccc2c(c1)C13c4cc(ccc4-2)N(c2ccc4c(c2)C(C)(C)c2ccccc2-4)c2c(-c4ccccc4)cccc2C(C)(C)c2ccc(c1c2)-c1ccc(C(C)(C)C)cc13. The molecule has 0 fully saturated rings. The van der Waals surface area contributed by atoms with Gasteiger partial charge in [-0.05, 0) is 130 Å². The third-order valence-corrected chi connectivity index (χ3v) is 15.8. The van der Waals surface area contributed by atoms with Crippen LogP contribution in [0, 0.1) is 0 Å². The minimum Gasteiger partial charge on any atom is -0.310 e. The van der Waals surface area contributed by atoms with Gasteiger partial charge in [0.2, 0.25) is 0 Å². The van der Waals surface area contributed by atoms with Gasteiger partial charge in [0.1, 0.15) is 0 Å². The predicted molar refractivity (Wildman–Crippen MR) is 270 cm³/mol. The van der Waals surface area contributed by atoms with Crippen LogP contribution in [-0.2, 0) is 27.1 Å². The fourth-order valence-corrected chi connectivity index (χ4v) is 12.2. The summed E-state index contributed by atoms with van der Waals surface area (Å²) in [7, 11) is 0. The summed E-state index contributed by atoms with van der Waals surface area (Å²) in [4.78, 5) is 2.63. The molecule has 0 amide bonds. The molecular formula is C63H57N. The van der Waals surface area contributed by atoms with Crippen LogP contribution in [0.1, 0.15) is 125 Å². The highest BCUT2D eigenvalue weighted by Crippen LogP contribution is 2.65. The van der Waals surface area contributed by atoms with E-state index in [1.807, 2.05) is 0 Å². The minimum atomic E-state index is -0.522. The van der Waals surface area contributed by atoms with E-state index in [1.54, 1.807) is 0 Å². The lowest BCUT2D eigenvalue weighted by Gasteiger charge is -2.36. The first kappa shape index (κ1) is 39.2. The average molecular weight is 828 g/mol. The number of para-hydroxylation sites is 1. The molecule has 0 aromatic heterocycles. The van der Waals surface area contributed by atoms with E-state index in [0.717, 1.165) is 0 Å². The Labute approximate surface area is 380 Å². The number of hydrogen-bond acceptors (Lipinski definition) is 1. The van der Waals surface area contributed by atoms with Crippen LogP contribution in [0.4, 0.5) is 17.1 Å². The number of rotatable bonds is 2. The Bertz CT molecular complexity index is 3260. The van der Waals surface area contributed by atoms with Gasteiger partial charge in [-0.1, -0.05) is 209 Å². The molecular weight excluding hydrogens is 771 g/mol. The number of benzene rings is 8. The van der Waals surface area contributed by atoms with E-state index in [-0.39, 0.29) is 21.7 Å². The molecule has 1 heteroatoms. The Hall–Kier alpha value is -6.44. The second-order valence-electron chi connectivity index (χ2n) is 22.2. The standard InChI is InChI=1S/C63H57N/c1-59(2,3)39-23-28-47-49-30-25-41-35-56(49)63(54(47)33-39)55-34-40(60(4,5)6)24-29-48(55)50-32-27-43(37-57(50)63)64(42-26-31-46-45-19-14-15-21-51(45)62(9,10)53(46)36-42)58-44(38-17-12-11-13-18-38)20-16-22-52(58)61(41,7)8/h11-37H,1-10H3.